The Morgan fingerprint density at radius 1 is 0.759 bits per heavy atom. The first kappa shape index (κ1) is 17.5. The van der Waals surface area contributed by atoms with E-state index in [9.17, 15) is 9.59 Å². The van der Waals surface area contributed by atoms with Crippen LogP contribution in [0.25, 0.3) is 43.6 Å². The van der Waals surface area contributed by atoms with E-state index in [1.807, 2.05) is 36.4 Å². The molecule has 144 valence electrons. The molecule has 0 saturated heterocycles. The lowest BCUT2D eigenvalue weighted by Crippen LogP contribution is -2.09. The summed E-state index contributed by atoms with van der Waals surface area (Å²) in [5.74, 6) is 0.589. The largest absolute Gasteiger partial charge is 0.493 e. The standard InChI is InChI=1S/C24H20N2O3/c1-2-3-11-29-21-10-6-9-18-22(21)24(28)16-13-19-15(12-20(16)26-18)23(27)14-7-4-5-8-17(14)25-19/h4-10,12-13H,2-3,11H2,1H3,(H,25,27)(H,26,28). The van der Waals surface area contributed by atoms with Gasteiger partial charge in [-0.3, -0.25) is 9.59 Å². The van der Waals surface area contributed by atoms with Gasteiger partial charge in [-0.1, -0.05) is 31.5 Å². The van der Waals surface area contributed by atoms with Gasteiger partial charge >= 0.3 is 0 Å². The van der Waals surface area contributed by atoms with Crippen LogP contribution in [0.15, 0.2) is 64.2 Å². The van der Waals surface area contributed by atoms with Gasteiger partial charge in [-0.25, -0.2) is 0 Å². The monoisotopic (exact) mass is 384 g/mol. The molecule has 0 saturated carbocycles. The van der Waals surface area contributed by atoms with Crippen LogP contribution in [0.5, 0.6) is 5.75 Å². The van der Waals surface area contributed by atoms with Crippen molar-refractivity contribution >= 4 is 43.6 Å². The summed E-state index contributed by atoms with van der Waals surface area (Å²) >= 11 is 0. The smallest absolute Gasteiger partial charge is 0.201 e. The molecule has 0 aliphatic heterocycles. The van der Waals surface area contributed by atoms with E-state index in [0.29, 0.717) is 50.5 Å². The number of pyridine rings is 2. The number of H-pyrrole nitrogens is 2. The first-order valence-electron chi connectivity index (χ1n) is 9.83. The van der Waals surface area contributed by atoms with E-state index in [4.69, 9.17) is 4.74 Å². The molecule has 0 unspecified atom stereocenters. The summed E-state index contributed by atoms with van der Waals surface area (Å²) in [4.78, 5) is 32.9. The molecule has 2 aromatic heterocycles. The number of unbranched alkanes of at least 4 members (excludes halogenated alkanes) is 1. The van der Waals surface area contributed by atoms with Gasteiger partial charge in [-0.15, -0.1) is 0 Å². The Bertz CT molecular complexity index is 1510. The molecule has 0 radical (unpaired) electrons. The number of ether oxygens (including phenoxy) is 1. The second kappa shape index (κ2) is 6.78. The van der Waals surface area contributed by atoms with Gasteiger partial charge in [0.1, 0.15) is 5.75 Å². The number of para-hydroxylation sites is 1. The maximum absolute atomic E-state index is 13.3. The van der Waals surface area contributed by atoms with E-state index in [1.165, 1.54) is 0 Å². The van der Waals surface area contributed by atoms with E-state index in [-0.39, 0.29) is 10.9 Å². The molecule has 0 bridgehead atoms. The van der Waals surface area contributed by atoms with E-state index >= 15 is 0 Å². The van der Waals surface area contributed by atoms with Crippen LogP contribution in [0, 0.1) is 0 Å². The van der Waals surface area contributed by atoms with Crippen LogP contribution in [0.1, 0.15) is 19.8 Å². The molecule has 0 aliphatic rings. The molecule has 2 N–H and O–H groups in total. The summed E-state index contributed by atoms with van der Waals surface area (Å²) in [6.07, 6.45) is 1.96. The van der Waals surface area contributed by atoms with Gasteiger partial charge in [-0.2, -0.15) is 0 Å². The molecule has 29 heavy (non-hydrogen) atoms. The number of nitrogens with one attached hydrogen (secondary N) is 2. The highest BCUT2D eigenvalue weighted by Crippen LogP contribution is 2.26. The molecule has 0 amide bonds. The summed E-state index contributed by atoms with van der Waals surface area (Å²) in [5.41, 5.74) is 2.60. The van der Waals surface area contributed by atoms with Crippen LogP contribution in [-0.4, -0.2) is 16.6 Å². The maximum atomic E-state index is 13.3. The minimum atomic E-state index is -0.100. The summed E-state index contributed by atoms with van der Waals surface area (Å²) in [7, 11) is 0. The Kier molecular flexibility index (Phi) is 4.09. The minimum Gasteiger partial charge on any atom is -0.493 e. The van der Waals surface area contributed by atoms with Gasteiger partial charge in [-0.05, 0) is 42.8 Å². The van der Waals surface area contributed by atoms with Crippen molar-refractivity contribution in [3.63, 3.8) is 0 Å². The van der Waals surface area contributed by atoms with Crippen molar-refractivity contribution in [1.82, 2.24) is 9.97 Å². The fraction of sp³-hybridized carbons (Fsp3) is 0.167. The van der Waals surface area contributed by atoms with Crippen molar-refractivity contribution in [2.24, 2.45) is 0 Å². The number of benzene rings is 3. The zero-order valence-electron chi connectivity index (χ0n) is 16.0. The molecule has 0 fully saturated rings. The molecule has 3 aromatic carbocycles. The molecular formula is C24H20N2O3. The highest BCUT2D eigenvalue weighted by atomic mass is 16.5. The molecular weight excluding hydrogens is 364 g/mol. The lowest BCUT2D eigenvalue weighted by molar-refractivity contribution is 0.313. The summed E-state index contributed by atoms with van der Waals surface area (Å²) in [6, 6.07) is 16.5. The third kappa shape index (κ3) is 2.78. The zero-order valence-corrected chi connectivity index (χ0v) is 16.0. The van der Waals surface area contributed by atoms with E-state index in [0.717, 1.165) is 18.4 Å². The van der Waals surface area contributed by atoms with Gasteiger partial charge in [0.2, 0.25) is 5.43 Å². The molecule has 0 spiro atoms. The second-order valence-electron chi connectivity index (χ2n) is 7.28. The molecule has 0 atom stereocenters. The van der Waals surface area contributed by atoms with Crippen molar-refractivity contribution in [2.75, 3.05) is 6.61 Å². The number of aromatic amines is 2. The molecule has 5 aromatic rings. The average Bonchev–Trinajstić information content (AvgIpc) is 2.74. The molecule has 5 heteroatoms. The quantitative estimate of drug-likeness (QED) is 0.343. The number of hydrogen-bond acceptors (Lipinski definition) is 3. The van der Waals surface area contributed by atoms with Gasteiger partial charge < -0.3 is 14.7 Å². The Morgan fingerprint density at radius 3 is 2.24 bits per heavy atom. The van der Waals surface area contributed by atoms with Gasteiger partial charge in [0.25, 0.3) is 0 Å². The first-order valence-corrected chi connectivity index (χ1v) is 9.83. The van der Waals surface area contributed by atoms with E-state index in [1.54, 1.807) is 18.2 Å². The van der Waals surface area contributed by atoms with Crippen molar-refractivity contribution in [3.8, 4) is 5.75 Å². The fourth-order valence-electron chi connectivity index (χ4n) is 3.86. The number of rotatable bonds is 4. The second-order valence-corrected chi connectivity index (χ2v) is 7.28. The third-order valence-electron chi connectivity index (χ3n) is 5.37. The van der Waals surface area contributed by atoms with E-state index in [2.05, 4.69) is 16.9 Å². The highest BCUT2D eigenvalue weighted by Gasteiger charge is 2.13. The number of aromatic nitrogens is 2. The molecule has 2 heterocycles. The minimum absolute atomic E-state index is 0.0474. The van der Waals surface area contributed by atoms with Gasteiger partial charge in [0.15, 0.2) is 5.43 Å². The Morgan fingerprint density at radius 2 is 1.45 bits per heavy atom. The van der Waals surface area contributed by atoms with Crippen LogP contribution in [0.3, 0.4) is 0 Å². The van der Waals surface area contributed by atoms with Crippen LogP contribution in [0.4, 0.5) is 0 Å². The number of fused-ring (bicyclic) bond motifs is 4. The predicted molar refractivity (Wildman–Crippen MR) is 118 cm³/mol. The van der Waals surface area contributed by atoms with Crippen molar-refractivity contribution in [2.45, 2.75) is 19.8 Å². The predicted octanol–water partition coefficient (Wildman–Crippen LogP) is 4.85. The average molecular weight is 384 g/mol. The van der Waals surface area contributed by atoms with Crippen molar-refractivity contribution in [1.29, 1.82) is 0 Å². The van der Waals surface area contributed by atoms with Gasteiger partial charge in [0.05, 0.1) is 28.5 Å². The Hall–Kier alpha value is -3.60. The van der Waals surface area contributed by atoms with Crippen molar-refractivity contribution in [3.05, 3.63) is 75.0 Å². The van der Waals surface area contributed by atoms with Crippen LogP contribution in [0.2, 0.25) is 0 Å². The Balaban J connectivity index is 1.83. The number of hydrogen-bond donors (Lipinski definition) is 2. The molecule has 0 aliphatic carbocycles. The van der Waals surface area contributed by atoms with Crippen LogP contribution < -0.4 is 15.6 Å². The zero-order chi connectivity index (χ0) is 20.0. The summed E-state index contributed by atoms with van der Waals surface area (Å²) < 4.78 is 5.88. The first-order chi connectivity index (χ1) is 14.2. The van der Waals surface area contributed by atoms with Gasteiger partial charge in [0, 0.05) is 21.7 Å². The fourth-order valence-corrected chi connectivity index (χ4v) is 3.86. The van der Waals surface area contributed by atoms with Crippen LogP contribution >= 0.6 is 0 Å². The summed E-state index contributed by atoms with van der Waals surface area (Å²) in [6.45, 7) is 2.67. The normalized spacial score (nSPS) is 11.6. The maximum Gasteiger partial charge on any atom is 0.201 e. The SMILES string of the molecule is CCCCOc1cccc2[nH]c3cc4c(=O)c5ccccc5[nH]c4cc3c(=O)c12. The molecule has 5 rings (SSSR count). The highest BCUT2D eigenvalue weighted by molar-refractivity contribution is 6.03. The topological polar surface area (TPSA) is 75.0 Å². The summed E-state index contributed by atoms with van der Waals surface area (Å²) in [5, 5.41) is 2.26. The van der Waals surface area contributed by atoms with E-state index < -0.39 is 0 Å². The Labute approximate surface area is 165 Å². The molecule has 5 nitrogen and oxygen atoms in total. The van der Waals surface area contributed by atoms with Crippen molar-refractivity contribution < 1.29 is 4.74 Å². The third-order valence-corrected chi connectivity index (χ3v) is 5.37. The lowest BCUT2D eigenvalue weighted by atomic mass is 10.0. The lowest BCUT2D eigenvalue weighted by Gasteiger charge is -2.10. The van der Waals surface area contributed by atoms with Crippen LogP contribution in [-0.2, 0) is 0 Å².